The van der Waals surface area contributed by atoms with Crippen molar-refractivity contribution in [3.63, 3.8) is 0 Å². The molecule has 1 unspecified atom stereocenters. The van der Waals surface area contributed by atoms with Crippen LogP contribution in [0.5, 0.6) is 11.5 Å². The number of rotatable bonds is 1. The van der Waals surface area contributed by atoms with Gasteiger partial charge in [0.15, 0.2) is 0 Å². The number of fused-ring (bicyclic) bond motifs is 9. The van der Waals surface area contributed by atoms with E-state index in [0.717, 1.165) is 30.9 Å². The Morgan fingerprint density at radius 3 is 2.32 bits per heavy atom. The highest BCUT2D eigenvalue weighted by molar-refractivity contribution is 5.91. The number of ether oxygens (including phenoxy) is 1. The van der Waals surface area contributed by atoms with Gasteiger partial charge in [-0.15, -0.1) is 0 Å². The fourth-order valence-electron chi connectivity index (χ4n) is 7.08. The molecule has 0 bridgehead atoms. The van der Waals surface area contributed by atoms with Crippen LogP contribution in [0, 0.1) is 6.92 Å². The summed E-state index contributed by atoms with van der Waals surface area (Å²) in [5.74, 6) is 1.92. The van der Waals surface area contributed by atoms with Crippen molar-refractivity contribution in [1.29, 1.82) is 0 Å². The first kappa shape index (κ1) is 26.9. The van der Waals surface area contributed by atoms with E-state index in [2.05, 4.69) is 116 Å². The molecule has 4 aromatic rings. The van der Waals surface area contributed by atoms with Crippen LogP contribution in [-0.2, 0) is 12.0 Å². The molecule has 1 N–H and O–H groups in total. The average Bonchev–Trinajstić information content (AvgIpc) is 3.34. The van der Waals surface area contributed by atoms with Crippen LogP contribution in [0.4, 0.5) is 0 Å². The Morgan fingerprint density at radius 2 is 1.46 bits per heavy atom. The largest absolute Gasteiger partial charge is 0.457 e. The number of hydrogen-bond acceptors (Lipinski definition) is 2. The maximum atomic E-state index is 6.67. The van der Waals surface area contributed by atoms with Crippen molar-refractivity contribution in [3.8, 4) is 22.6 Å². The highest BCUT2D eigenvalue weighted by atomic mass is 16.5. The standard InChI is InChI=1S/C35H27NO.2C2H6/c1-22-19-34-32(20-28(22)25-12-8-9-23-21-36-18-17-24(23)25)35(31-15-6-7-16-33(31)37-34)29-13-4-2-10-26(29)27-11-3-5-14-30(27)35;2*1-2/h2,4-10,12-20,36H,3,11,21H2,1H3;2*1-2H3. The van der Waals surface area contributed by atoms with Crippen LogP contribution >= 0.6 is 0 Å². The second kappa shape index (κ2) is 10.9. The molecule has 41 heavy (non-hydrogen) atoms. The summed E-state index contributed by atoms with van der Waals surface area (Å²) in [6.45, 7) is 11.1. The van der Waals surface area contributed by atoms with E-state index in [9.17, 15) is 0 Å². The van der Waals surface area contributed by atoms with Crippen LogP contribution in [0.15, 0.2) is 103 Å². The summed E-state index contributed by atoms with van der Waals surface area (Å²) in [6, 6.07) is 29.0. The summed E-state index contributed by atoms with van der Waals surface area (Å²) in [4.78, 5) is 0. The minimum absolute atomic E-state index is 0.387. The molecule has 1 spiro atoms. The first-order valence-electron chi connectivity index (χ1n) is 15.2. The van der Waals surface area contributed by atoms with Crippen LogP contribution in [-0.4, -0.2) is 0 Å². The van der Waals surface area contributed by atoms with Gasteiger partial charge < -0.3 is 10.1 Å². The topological polar surface area (TPSA) is 21.3 Å². The Hall–Kier alpha value is -4.30. The van der Waals surface area contributed by atoms with E-state index in [4.69, 9.17) is 4.74 Å². The lowest BCUT2D eigenvalue weighted by molar-refractivity contribution is 0.435. The van der Waals surface area contributed by atoms with Gasteiger partial charge in [-0.05, 0) is 100 Å². The molecule has 2 heteroatoms. The normalized spacial score (nSPS) is 18.3. The van der Waals surface area contributed by atoms with Crippen molar-refractivity contribution in [2.75, 3.05) is 0 Å². The smallest absolute Gasteiger partial charge is 0.132 e. The predicted molar refractivity (Wildman–Crippen MR) is 173 cm³/mol. The summed E-state index contributed by atoms with van der Waals surface area (Å²) in [5.41, 5.74) is 14.2. The number of aryl methyl sites for hydroxylation is 1. The molecule has 0 amide bonds. The first-order chi connectivity index (χ1) is 20.3. The van der Waals surface area contributed by atoms with Crippen LogP contribution in [0.25, 0.3) is 22.8 Å². The van der Waals surface area contributed by atoms with Gasteiger partial charge in [0.2, 0.25) is 0 Å². The quantitative estimate of drug-likeness (QED) is 0.261. The summed E-state index contributed by atoms with van der Waals surface area (Å²) in [6.07, 6.45) is 11.2. The molecule has 2 nitrogen and oxygen atoms in total. The van der Waals surface area contributed by atoms with Crippen molar-refractivity contribution in [3.05, 3.63) is 142 Å². The number of nitrogens with one attached hydrogen (secondary N) is 1. The summed E-state index contributed by atoms with van der Waals surface area (Å²) in [5, 5.41) is 3.36. The third-order valence-electron chi connectivity index (χ3n) is 8.62. The van der Waals surface area contributed by atoms with E-state index in [1.165, 1.54) is 61.2 Å². The first-order valence-corrected chi connectivity index (χ1v) is 15.2. The van der Waals surface area contributed by atoms with Crippen LogP contribution in [0.3, 0.4) is 0 Å². The zero-order valence-electron chi connectivity index (χ0n) is 24.8. The molecule has 2 heterocycles. The minimum Gasteiger partial charge on any atom is -0.457 e. The fraction of sp³-hybridized carbons (Fsp3) is 0.231. The molecule has 2 aliphatic carbocycles. The van der Waals surface area contributed by atoms with E-state index in [-0.39, 0.29) is 5.41 Å². The molecule has 1 atom stereocenters. The summed E-state index contributed by atoms with van der Waals surface area (Å²) < 4.78 is 6.67. The molecule has 0 radical (unpaired) electrons. The number of allylic oxidation sites excluding steroid dienone is 4. The Balaban J connectivity index is 0.000000726. The molecule has 0 fully saturated rings. The Morgan fingerprint density at radius 1 is 0.707 bits per heavy atom. The van der Waals surface area contributed by atoms with Crippen molar-refractivity contribution in [2.24, 2.45) is 0 Å². The predicted octanol–water partition coefficient (Wildman–Crippen LogP) is 10.3. The van der Waals surface area contributed by atoms with E-state index < -0.39 is 0 Å². The monoisotopic (exact) mass is 537 g/mol. The Kier molecular flexibility index (Phi) is 7.17. The summed E-state index contributed by atoms with van der Waals surface area (Å²) >= 11 is 0. The molecule has 2 aliphatic heterocycles. The number of benzene rings is 4. The third-order valence-corrected chi connectivity index (χ3v) is 8.62. The second-order valence-electron chi connectivity index (χ2n) is 10.5. The van der Waals surface area contributed by atoms with Gasteiger partial charge in [-0.2, -0.15) is 0 Å². The maximum absolute atomic E-state index is 6.67. The SMILES string of the molecule is CC.CC.Cc1cc2c(cc1-c1cccc3c1C=CNC3)C1(C3=C(CCC=C3)c3ccccc31)c1ccccc1O2. The van der Waals surface area contributed by atoms with E-state index >= 15 is 0 Å². The molecular formula is C39H39NO. The van der Waals surface area contributed by atoms with E-state index in [1.807, 2.05) is 27.7 Å². The minimum atomic E-state index is -0.387. The van der Waals surface area contributed by atoms with Crippen LogP contribution < -0.4 is 10.1 Å². The van der Waals surface area contributed by atoms with Gasteiger partial charge >= 0.3 is 0 Å². The third kappa shape index (κ3) is 3.92. The van der Waals surface area contributed by atoms with Gasteiger partial charge in [0.1, 0.15) is 11.5 Å². The van der Waals surface area contributed by atoms with Gasteiger partial charge in [0.25, 0.3) is 0 Å². The lowest BCUT2D eigenvalue weighted by atomic mass is 9.64. The Labute approximate surface area is 245 Å². The van der Waals surface area contributed by atoms with Crippen molar-refractivity contribution in [2.45, 2.75) is 59.4 Å². The highest BCUT2D eigenvalue weighted by Crippen LogP contribution is 2.63. The lowest BCUT2D eigenvalue weighted by Crippen LogP contribution is -2.33. The van der Waals surface area contributed by atoms with Gasteiger partial charge in [0.05, 0.1) is 5.41 Å². The highest BCUT2D eigenvalue weighted by Gasteiger charge is 2.52. The fourth-order valence-corrected chi connectivity index (χ4v) is 7.08. The Bertz CT molecular complexity index is 1720. The van der Waals surface area contributed by atoms with E-state index in [1.54, 1.807) is 0 Å². The molecule has 0 saturated heterocycles. The maximum Gasteiger partial charge on any atom is 0.132 e. The number of hydrogen-bond donors (Lipinski definition) is 1. The molecule has 0 saturated carbocycles. The molecule has 4 aromatic carbocycles. The molecule has 8 rings (SSSR count). The van der Waals surface area contributed by atoms with Gasteiger partial charge in [-0.1, -0.05) is 101 Å². The van der Waals surface area contributed by atoms with Crippen molar-refractivity contribution in [1.82, 2.24) is 5.32 Å². The van der Waals surface area contributed by atoms with Crippen LogP contribution in [0.1, 0.15) is 79.5 Å². The van der Waals surface area contributed by atoms with E-state index in [0.29, 0.717) is 0 Å². The van der Waals surface area contributed by atoms with Crippen molar-refractivity contribution >= 4 is 11.6 Å². The lowest BCUT2D eigenvalue weighted by Gasteiger charge is -2.41. The molecule has 0 aromatic heterocycles. The van der Waals surface area contributed by atoms with Gasteiger partial charge in [-0.25, -0.2) is 0 Å². The van der Waals surface area contributed by atoms with Gasteiger partial charge in [-0.3, -0.25) is 0 Å². The number of para-hydroxylation sites is 1. The molecule has 206 valence electrons. The second-order valence-corrected chi connectivity index (χ2v) is 10.5. The van der Waals surface area contributed by atoms with Crippen LogP contribution in [0.2, 0.25) is 0 Å². The zero-order valence-corrected chi connectivity index (χ0v) is 24.8. The zero-order chi connectivity index (χ0) is 28.6. The molecule has 4 aliphatic rings. The molecular weight excluding hydrogens is 498 g/mol. The average molecular weight is 538 g/mol. The van der Waals surface area contributed by atoms with Crippen molar-refractivity contribution < 1.29 is 4.74 Å². The van der Waals surface area contributed by atoms with Gasteiger partial charge in [0, 0.05) is 17.7 Å². The summed E-state index contributed by atoms with van der Waals surface area (Å²) in [7, 11) is 0.